The van der Waals surface area contributed by atoms with Gasteiger partial charge in [-0.05, 0) is 48.2 Å². The van der Waals surface area contributed by atoms with Crippen molar-refractivity contribution in [1.29, 1.82) is 0 Å². The highest BCUT2D eigenvalue weighted by molar-refractivity contribution is 5.94. The Bertz CT molecular complexity index is 831. The maximum atomic E-state index is 12.1. The molecule has 1 amide bonds. The van der Waals surface area contributed by atoms with Gasteiger partial charge in [-0.3, -0.25) is 9.79 Å². The van der Waals surface area contributed by atoms with E-state index in [9.17, 15) is 4.79 Å². The predicted molar refractivity (Wildman–Crippen MR) is 114 cm³/mol. The van der Waals surface area contributed by atoms with Crippen LogP contribution in [0.4, 0.5) is 0 Å². The molecule has 0 aliphatic heterocycles. The lowest BCUT2D eigenvalue weighted by Crippen LogP contribution is -2.37. The second-order valence-corrected chi connectivity index (χ2v) is 6.81. The van der Waals surface area contributed by atoms with Crippen molar-refractivity contribution in [3.63, 3.8) is 0 Å². The predicted octanol–water partition coefficient (Wildman–Crippen LogP) is 2.61. The quantitative estimate of drug-likeness (QED) is 0.571. The number of methoxy groups -OCH3 is 1. The Morgan fingerprint density at radius 2 is 1.89 bits per heavy atom. The second-order valence-electron chi connectivity index (χ2n) is 6.81. The number of guanidine groups is 1. The molecular weight excluding hydrogens is 352 g/mol. The van der Waals surface area contributed by atoms with Crippen LogP contribution in [0, 0.1) is 6.92 Å². The molecule has 0 atom stereocenters. The Morgan fingerprint density at radius 1 is 1.11 bits per heavy atom. The van der Waals surface area contributed by atoms with Crippen molar-refractivity contribution in [2.45, 2.75) is 19.9 Å². The molecule has 0 fully saturated rings. The van der Waals surface area contributed by atoms with Crippen LogP contribution in [0.3, 0.4) is 0 Å². The molecule has 0 saturated heterocycles. The molecule has 0 unspecified atom stereocenters. The highest BCUT2D eigenvalue weighted by Gasteiger charge is 2.08. The number of carbonyl (C=O) groups is 1. The van der Waals surface area contributed by atoms with E-state index in [1.165, 1.54) is 0 Å². The summed E-state index contributed by atoms with van der Waals surface area (Å²) in [5.74, 6) is 1.65. The van der Waals surface area contributed by atoms with Gasteiger partial charge in [0.1, 0.15) is 5.75 Å². The molecule has 2 rings (SSSR count). The van der Waals surface area contributed by atoms with Crippen LogP contribution in [0.5, 0.6) is 5.75 Å². The van der Waals surface area contributed by atoms with Crippen molar-refractivity contribution in [2.24, 2.45) is 4.99 Å². The summed E-state index contributed by atoms with van der Waals surface area (Å²) in [6.07, 6.45) is 0.802. The van der Waals surface area contributed by atoms with Crippen LogP contribution < -0.4 is 15.4 Å². The van der Waals surface area contributed by atoms with Gasteiger partial charge in [-0.15, -0.1) is 0 Å². The average molecular weight is 383 g/mol. The molecule has 0 radical (unpaired) electrons. The Labute approximate surface area is 167 Å². The number of benzene rings is 2. The van der Waals surface area contributed by atoms with Crippen molar-refractivity contribution < 1.29 is 9.53 Å². The Kier molecular flexibility index (Phi) is 7.87. The summed E-state index contributed by atoms with van der Waals surface area (Å²) in [6, 6.07) is 13.9. The van der Waals surface area contributed by atoms with Gasteiger partial charge in [-0.1, -0.05) is 24.3 Å². The van der Waals surface area contributed by atoms with E-state index >= 15 is 0 Å². The number of nitrogens with zero attached hydrogens (tertiary/aromatic N) is 2. The second kappa shape index (κ2) is 10.3. The lowest BCUT2D eigenvalue weighted by Gasteiger charge is -2.14. The largest absolute Gasteiger partial charge is 0.496 e. The lowest BCUT2D eigenvalue weighted by molar-refractivity contribution is 0.0827. The number of carbonyl (C=O) groups excluding carboxylic acids is 1. The zero-order valence-corrected chi connectivity index (χ0v) is 17.4. The van der Waals surface area contributed by atoms with Crippen molar-refractivity contribution in [2.75, 3.05) is 34.8 Å². The van der Waals surface area contributed by atoms with E-state index < -0.39 is 0 Å². The van der Waals surface area contributed by atoms with Crippen molar-refractivity contribution in [1.82, 2.24) is 15.5 Å². The third kappa shape index (κ3) is 6.01. The van der Waals surface area contributed by atoms with Gasteiger partial charge >= 0.3 is 0 Å². The van der Waals surface area contributed by atoms with Gasteiger partial charge in [0.15, 0.2) is 5.96 Å². The number of aliphatic imine (C=N–C) groups is 1. The van der Waals surface area contributed by atoms with Crippen LogP contribution >= 0.6 is 0 Å². The van der Waals surface area contributed by atoms with Gasteiger partial charge in [-0.25, -0.2) is 0 Å². The van der Waals surface area contributed by atoms with E-state index in [4.69, 9.17) is 4.74 Å². The molecule has 0 aliphatic rings. The summed E-state index contributed by atoms with van der Waals surface area (Å²) in [5, 5.41) is 6.63. The number of rotatable bonds is 7. The molecule has 0 heterocycles. The number of ether oxygens (including phenoxy) is 1. The zero-order valence-electron chi connectivity index (χ0n) is 17.4. The fourth-order valence-electron chi connectivity index (χ4n) is 2.90. The normalized spacial score (nSPS) is 11.1. The monoisotopic (exact) mass is 382 g/mol. The Morgan fingerprint density at radius 3 is 2.54 bits per heavy atom. The van der Waals surface area contributed by atoms with Crippen molar-refractivity contribution in [3.05, 3.63) is 64.7 Å². The smallest absolute Gasteiger partial charge is 0.253 e. The number of nitrogens with one attached hydrogen (secondary N) is 2. The maximum Gasteiger partial charge on any atom is 0.253 e. The Hall–Kier alpha value is -3.02. The molecule has 150 valence electrons. The van der Waals surface area contributed by atoms with E-state index in [-0.39, 0.29) is 5.91 Å². The molecule has 6 nitrogen and oxygen atoms in total. The lowest BCUT2D eigenvalue weighted by atomic mass is 10.1. The molecule has 0 aromatic heterocycles. The van der Waals surface area contributed by atoms with Crippen LogP contribution in [-0.4, -0.2) is 51.6 Å². The summed E-state index contributed by atoms with van der Waals surface area (Å²) in [4.78, 5) is 17.9. The number of hydrogen-bond acceptors (Lipinski definition) is 3. The van der Waals surface area contributed by atoms with Gasteiger partial charge in [0.2, 0.25) is 0 Å². The fourth-order valence-corrected chi connectivity index (χ4v) is 2.90. The molecule has 0 saturated carbocycles. The molecule has 6 heteroatoms. The van der Waals surface area contributed by atoms with Crippen LogP contribution in [0.1, 0.15) is 27.0 Å². The van der Waals surface area contributed by atoms with E-state index in [1.807, 2.05) is 43.3 Å². The van der Waals surface area contributed by atoms with Crippen LogP contribution in [0.2, 0.25) is 0 Å². The molecule has 0 aliphatic carbocycles. The minimum absolute atomic E-state index is 0.0158. The van der Waals surface area contributed by atoms with E-state index in [2.05, 4.69) is 21.7 Å². The molecular formula is C22H30N4O2. The summed E-state index contributed by atoms with van der Waals surface area (Å²) in [5.41, 5.74) is 4.09. The fraction of sp³-hybridized carbons (Fsp3) is 0.364. The summed E-state index contributed by atoms with van der Waals surface area (Å²) < 4.78 is 5.30. The van der Waals surface area contributed by atoms with Gasteiger partial charge < -0.3 is 20.3 Å². The number of amides is 1. The molecule has 0 bridgehead atoms. The Balaban J connectivity index is 1.85. The first-order valence-electron chi connectivity index (χ1n) is 9.33. The minimum Gasteiger partial charge on any atom is -0.496 e. The van der Waals surface area contributed by atoms with Crippen molar-refractivity contribution in [3.8, 4) is 5.75 Å². The van der Waals surface area contributed by atoms with Gasteiger partial charge in [0.05, 0.1) is 7.11 Å². The summed E-state index contributed by atoms with van der Waals surface area (Å²) in [6.45, 7) is 3.43. The molecule has 2 aromatic carbocycles. The highest BCUT2D eigenvalue weighted by atomic mass is 16.5. The van der Waals surface area contributed by atoms with Crippen LogP contribution in [0.15, 0.2) is 47.5 Å². The first-order chi connectivity index (χ1) is 13.4. The first-order valence-corrected chi connectivity index (χ1v) is 9.33. The average Bonchev–Trinajstić information content (AvgIpc) is 2.70. The third-order valence-electron chi connectivity index (χ3n) is 4.43. The van der Waals surface area contributed by atoms with E-state index in [0.29, 0.717) is 12.1 Å². The zero-order chi connectivity index (χ0) is 20.5. The third-order valence-corrected chi connectivity index (χ3v) is 4.43. The maximum absolute atomic E-state index is 12.1. The molecule has 28 heavy (non-hydrogen) atoms. The van der Waals surface area contributed by atoms with Gasteiger partial charge in [0, 0.05) is 39.8 Å². The van der Waals surface area contributed by atoms with Gasteiger partial charge in [-0.2, -0.15) is 0 Å². The van der Waals surface area contributed by atoms with Crippen LogP contribution in [-0.2, 0) is 13.0 Å². The first kappa shape index (κ1) is 21.3. The highest BCUT2D eigenvalue weighted by Crippen LogP contribution is 2.18. The van der Waals surface area contributed by atoms with Crippen LogP contribution in [0.25, 0.3) is 0 Å². The van der Waals surface area contributed by atoms with E-state index in [1.54, 1.807) is 33.2 Å². The summed E-state index contributed by atoms with van der Waals surface area (Å²) >= 11 is 0. The SMILES string of the molecule is CN=C(NCCc1cccc(C(=O)N(C)C)c1)NCc1ccc(OC)c(C)c1. The molecule has 0 spiro atoms. The van der Waals surface area contributed by atoms with Crippen molar-refractivity contribution >= 4 is 11.9 Å². The number of aryl methyl sites for hydroxylation is 1. The number of hydrogen-bond donors (Lipinski definition) is 2. The topological polar surface area (TPSA) is 66.0 Å². The molecule has 2 N–H and O–H groups in total. The van der Waals surface area contributed by atoms with E-state index in [0.717, 1.165) is 41.4 Å². The summed E-state index contributed by atoms with van der Waals surface area (Å²) in [7, 11) is 6.95. The minimum atomic E-state index is 0.0158. The van der Waals surface area contributed by atoms with Gasteiger partial charge in [0.25, 0.3) is 5.91 Å². The molecule has 2 aromatic rings. The standard InChI is InChI=1S/C22H30N4O2/c1-16-13-18(9-10-20(16)28-5)15-25-22(23-2)24-12-11-17-7-6-8-19(14-17)21(27)26(3)4/h6-10,13-14H,11-12,15H2,1-5H3,(H2,23,24,25).